The fourth-order valence-corrected chi connectivity index (χ4v) is 1.97. The van der Waals surface area contributed by atoms with Crippen molar-refractivity contribution in [3.05, 3.63) is 11.4 Å². The van der Waals surface area contributed by atoms with E-state index in [9.17, 15) is 4.79 Å². The maximum absolute atomic E-state index is 12.0. The SMILES string of the molecule is Cc1nn(C)c(C)c1NC(=O)CN(CCO)C(C)C. The number of carbonyl (C=O) groups excluding carboxylic acids is 1. The molecule has 0 atom stereocenters. The van der Waals surface area contributed by atoms with E-state index in [2.05, 4.69) is 10.4 Å². The van der Waals surface area contributed by atoms with Crippen LogP contribution in [0.5, 0.6) is 0 Å². The second-order valence-electron chi connectivity index (χ2n) is 5.01. The molecule has 19 heavy (non-hydrogen) atoms. The van der Waals surface area contributed by atoms with E-state index >= 15 is 0 Å². The number of aliphatic hydroxyl groups is 1. The molecule has 0 bridgehead atoms. The molecule has 108 valence electrons. The first-order valence-electron chi connectivity index (χ1n) is 6.51. The van der Waals surface area contributed by atoms with E-state index in [0.29, 0.717) is 6.54 Å². The fourth-order valence-electron chi connectivity index (χ4n) is 1.97. The number of aromatic nitrogens is 2. The van der Waals surface area contributed by atoms with Crippen LogP contribution in [0.3, 0.4) is 0 Å². The summed E-state index contributed by atoms with van der Waals surface area (Å²) < 4.78 is 1.75. The van der Waals surface area contributed by atoms with E-state index < -0.39 is 0 Å². The van der Waals surface area contributed by atoms with Gasteiger partial charge in [-0.3, -0.25) is 14.4 Å². The molecule has 1 heterocycles. The standard InChI is InChI=1S/C13H24N4O2/c1-9(2)17(6-7-18)8-12(19)14-13-10(3)15-16(5)11(13)4/h9,18H,6-8H2,1-5H3,(H,14,19). The normalized spacial score (nSPS) is 11.4. The van der Waals surface area contributed by atoms with Crippen molar-refractivity contribution in [3.63, 3.8) is 0 Å². The van der Waals surface area contributed by atoms with Crippen molar-refractivity contribution < 1.29 is 9.90 Å². The molecule has 0 radical (unpaired) electrons. The van der Waals surface area contributed by atoms with Gasteiger partial charge in [0.25, 0.3) is 0 Å². The maximum Gasteiger partial charge on any atom is 0.238 e. The van der Waals surface area contributed by atoms with Crippen molar-refractivity contribution >= 4 is 11.6 Å². The van der Waals surface area contributed by atoms with Crippen molar-refractivity contribution in [2.24, 2.45) is 7.05 Å². The van der Waals surface area contributed by atoms with Crippen molar-refractivity contribution in [2.75, 3.05) is 25.0 Å². The molecule has 0 aliphatic rings. The lowest BCUT2D eigenvalue weighted by Crippen LogP contribution is -2.39. The lowest BCUT2D eigenvalue weighted by molar-refractivity contribution is -0.117. The van der Waals surface area contributed by atoms with Crippen LogP contribution in [-0.2, 0) is 11.8 Å². The Morgan fingerprint density at radius 3 is 2.53 bits per heavy atom. The first-order chi connectivity index (χ1) is 8.86. The third-order valence-electron chi connectivity index (χ3n) is 3.24. The molecule has 0 aliphatic heterocycles. The first kappa shape index (κ1) is 15.7. The molecule has 0 saturated heterocycles. The van der Waals surface area contributed by atoms with Crippen molar-refractivity contribution in [2.45, 2.75) is 33.7 Å². The topological polar surface area (TPSA) is 70.4 Å². The molecule has 1 aromatic heterocycles. The number of hydrogen-bond acceptors (Lipinski definition) is 4. The van der Waals surface area contributed by atoms with Gasteiger partial charge in [-0.1, -0.05) is 0 Å². The molecule has 0 saturated carbocycles. The van der Waals surface area contributed by atoms with Gasteiger partial charge in [0.1, 0.15) is 0 Å². The number of aliphatic hydroxyl groups excluding tert-OH is 1. The number of anilines is 1. The number of carbonyl (C=O) groups is 1. The van der Waals surface area contributed by atoms with Gasteiger partial charge in [0, 0.05) is 19.6 Å². The summed E-state index contributed by atoms with van der Waals surface area (Å²) in [5, 5.41) is 16.2. The highest BCUT2D eigenvalue weighted by Gasteiger charge is 2.16. The van der Waals surface area contributed by atoms with Crippen LogP contribution in [0.25, 0.3) is 0 Å². The lowest BCUT2D eigenvalue weighted by atomic mass is 10.3. The van der Waals surface area contributed by atoms with Gasteiger partial charge in [-0.2, -0.15) is 5.10 Å². The van der Waals surface area contributed by atoms with E-state index in [4.69, 9.17) is 5.11 Å². The van der Waals surface area contributed by atoms with E-state index in [-0.39, 0.29) is 25.1 Å². The molecule has 1 amide bonds. The van der Waals surface area contributed by atoms with Gasteiger partial charge in [0.05, 0.1) is 30.2 Å². The molecule has 0 spiro atoms. The van der Waals surface area contributed by atoms with E-state index in [0.717, 1.165) is 17.1 Å². The second-order valence-corrected chi connectivity index (χ2v) is 5.01. The Morgan fingerprint density at radius 2 is 2.11 bits per heavy atom. The number of amides is 1. The minimum atomic E-state index is -0.0821. The molecular formula is C13H24N4O2. The second kappa shape index (κ2) is 6.68. The molecule has 1 aromatic rings. The minimum absolute atomic E-state index is 0.0520. The van der Waals surface area contributed by atoms with Gasteiger partial charge < -0.3 is 10.4 Å². The highest BCUT2D eigenvalue weighted by molar-refractivity contribution is 5.93. The van der Waals surface area contributed by atoms with Crippen LogP contribution in [0.15, 0.2) is 0 Å². The van der Waals surface area contributed by atoms with Crippen LogP contribution < -0.4 is 5.32 Å². The van der Waals surface area contributed by atoms with Crippen LogP contribution in [0.1, 0.15) is 25.2 Å². The zero-order chi connectivity index (χ0) is 14.6. The zero-order valence-electron chi connectivity index (χ0n) is 12.4. The number of aryl methyl sites for hydroxylation is 2. The van der Waals surface area contributed by atoms with E-state index in [1.807, 2.05) is 39.6 Å². The summed E-state index contributed by atoms with van der Waals surface area (Å²) in [6.07, 6.45) is 0. The Bertz CT molecular complexity index is 440. The Kier molecular flexibility index (Phi) is 5.50. The van der Waals surface area contributed by atoms with Crippen molar-refractivity contribution in [3.8, 4) is 0 Å². The third kappa shape index (κ3) is 4.04. The quantitative estimate of drug-likeness (QED) is 0.796. The van der Waals surface area contributed by atoms with Crippen LogP contribution >= 0.6 is 0 Å². The number of rotatable bonds is 6. The smallest absolute Gasteiger partial charge is 0.238 e. The lowest BCUT2D eigenvalue weighted by Gasteiger charge is -2.24. The van der Waals surface area contributed by atoms with Gasteiger partial charge in [0.2, 0.25) is 5.91 Å². The third-order valence-corrected chi connectivity index (χ3v) is 3.24. The molecule has 2 N–H and O–H groups in total. The summed E-state index contributed by atoms with van der Waals surface area (Å²) in [7, 11) is 1.85. The molecule has 6 nitrogen and oxygen atoms in total. The average Bonchev–Trinajstić information content (AvgIpc) is 2.55. The molecule has 1 rings (SSSR count). The largest absolute Gasteiger partial charge is 0.395 e. The van der Waals surface area contributed by atoms with Crippen molar-refractivity contribution in [1.82, 2.24) is 14.7 Å². The van der Waals surface area contributed by atoms with Gasteiger partial charge in [-0.25, -0.2) is 0 Å². The molecule has 0 aliphatic carbocycles. The number of nitrogens with zero attached hydrogens (tertiary/aromatic N) is 3. The highest BCUT2D eigenvalue weighted by Crippen LogP contribution is 2.18. The van der Waals surface area contributed by atoms with Gasteiger partial charge in [-0.15, -0.1) is 0 Å². The van der Waals surface area contributed by atoms with E-state index in [1.54, 1.807) is 4.68 Å². The summed E-state index contributed by atoms with van der Waals surface area (Å²) in [6.45, 7) is 8.62. The minimum Gasteiger partial charge on any atom is -0.395 e. The van der Waals surface area contributed by atoms with Crippen LogP contribution in [0.4, 0.5) is 5.69 Å². The Balaban J connectivity index is 2.69. The summed E-state index contributed by atoms with van der Waals surface area (Å²) in [5.41, 5.74) is 2.52. The molecular weight excluding hydrogens is 244 g/mol. The predicted octanol–water partition coefficient (Wildman–Crippen LogP) is 0.678. The fraction of sp³-hybridized carbons (Fsp3) is 0.692. The molecule has 6 heteroatoms. The summed E-state index contributed by atoms with van der Waals surface area (Å²) in [5.74, 6) is -0.0821. The average molecular weight is 268 g/mol. The van der Waals surface area contributed by atoms with Gasteiger partial charge in [0.15, 0.2) is 0 Å². The Hall–Kier alpha value is -1.40. The molecule has 0 aromatic carbocycles. The van der Waals surface area contributed by atoms with Gasteiger partial charge in [-0.05, 0) is 27.7 Å². The first-order valence-corrected chi connectivity index (χ1v) is 6.51. The monoisotopic (exact) mass is 268 g/mol. The molecule has 0 fully saturated rings. The Labute approximate surface area is 114 Å². The maximum atomic E-state index is 12.0. The summed E-state index contributed by atoms with van der Waals surface area (Å²) in [4.78, 5) is 14.0. The summed E-state index contributed by atoms with van der Waals surface area (Å²) in [6, 6.07) is 0.217. The highest BCUT2D eigenvalue weighted by atomic mass is 16.3. The van der Waals surface area contributed by atoms with Crippen LogP contribution in [0, 0.1) is 13.8 Å². The van der Waals surface area contributed by atoms with E-state index in [1.165, 1.54) is 0 Å². The predicted molar refractivity (Wildman–Crippen MR) is 75.1 cm³/mol. The Morgan fingerprint density at radius 1 is 1.47 bits per heavy atom. The summed E-state index contributed by atoms with van der Waals surface area (Å²) >= 11 is 0. The van der Waals surface area contributed by atoms with Crippen molar-refractivity contribution in [1.29, 1.82) is 0 Å². The molecule has 0 unspecified atom stereocenters. The number of nitrogens with one attached hydrogen (secondary N) is 1. The zero-order valence-corrected chi connectivity index (χ0v) is 12.4. The number of hydrogen-bond donors (Lipinski definition) is 2. The van der Waals surface area contributed by atoms with Crippen LogP contribution in [-0.4, -0.2) is 51.4 Å². The van der Waals surface area contributed by atoms with Crippen LogP contribution in [0.2, 0.25) is 0 Å². The van der Waals surface area contributed by atoms with Gasteiger partial charge >= 0.3 is 0 Å².